The fourth-order valence-corrected chi connectivity index (χ4v) is 4.57. The molecule has 7 heteroatoms. The fourth-order valence-electron chi connectivity index (χ4n) is 4.57. The maximum absolute atomic E-state index is 6.28. The van der Waals surface area contributed by atoms with Crippen molar-refractivity contribution in [2.75, 3.05) is 18.5 Å². The highest BCUT2D eigenvalue weighted by molar-refractivity contribution is 6.06. The van der Waals surface area contributed by atoms with Gasteiger partial charge >= 0.3 is 0 Å². The van der Waals surface area contributed by atoms with Crippen LogP contribution in [0.1, 0.15) is 57.4 Å². The summed E-state index contributed by atoms with van der Waals surface area (Å²) in [5, 5.41) is 4.42. The van der Waals surface area contributed by atoms with Gasteiger partial charge in [-0.2, -0.15) is 0 Å². The monoisotopic (exact) mass is 410 g/mol. The molecule has 2 aliphatic heterocycles. The summed E-state index contributed by atoms with van der Waals surface area (Å²) < 4.78 is 18.1. The van der Waals surface area contributed by atoms with E-state index in [2.05, 4.69) is 43.0 Å². The van der Waals surface area contributed by atoms with Crippen LogP contribution in [0.5, 0.6) is 0 Å². The van der Waals surface area contributed by atoms with Crippen LogP contribution in [0.3, 0.4) is 0 Å². The molecule has 0 unspecified atom stereocenters. The van der Waals surface area contributed by atoms with Crippen molar-refractivity contribution in [3.8, 4) is 0 Å². The molecule has 1 saturated heterocycles. The van der Waals surface area contributed by atoms with E-state index in [4.69, 9.17) is 18.9 Å². The van der Waals surface area contributed by atoms with Gasteiger partial charge in [-0.3, -0.25) is 0 Å². The summed E-state index contributed by atoms with van der Waals surface area (Å²) >= 11 is 0. The molecule has 3 aromatic heterocycles. The largest absolute Gasteiger partial charge is 0.432 e. The van der Waals surface area contributed by atoms with E-state index >= 15 is 0 Å². The summed E-state index contributed by atoms with van der Waals surface area (Å²) in [5.41, 5.74) is 5.45. The lowest BCUT2D eigenvalue weighted by Crippen LogP contribution is -2.33. The first-order chi connectivity index (χ1) is 14.4. The highest BCUT2D eigenvalue weighted by Gasteiger charge is 2.32. The van der Waals surface area contributed by atoms with Gasteiger partial charge in [0.1, 0.15) is 11.8 Å². The highest BCUT2D eigenvalue weighted by atomic mass is 16.5. The third-order valence-electron chi connectivity index (χ3n) is 6.04. The second kappa shape index (κ2) is 7.46. The molecule has 0 radical (unpaired) electrons. The number of ether oxygens (including phenoxy) is 2. The average molecular weight is 411 g/mol. The summed E-state index contributed by atoms with van der Waals surface area (Å²) in [7, 11) is 0. The summed E-state index contributed by atoms with van der Waals surface area (Å²) in [5.74, 6) is 1.21. The van der Waals surface area contributed by atoms with E-state index in [1.165, 1.54) is 11.1 Å². The van der Waals surface area contributed by atoms with Crippen LogP contribution in [-0.2, 0) is 28.9 Å². The second-order valence-corrected chi connectivity index (χ2v) is 9.54. The van der Waals surface area contributed by atoms with E-state index in [0.29, 0.717) is 36.2 Å². The Labute approximate surface area is 176 Å². The van der Waals surface area contributed by atoms with Crippen molar-refractivity contribution in [1.29, 1.82) is 0 Å². The minimum Gasteiger partial charge on any atom is -0.432 e. The number of furan rings is 1. The molecule has 0 bridgehead atoms. The molecule has 0 aliphatic carbocycles. The first kappa shape index (κ1) is 19.7. The Bertz CT molecular complexity index is 1080. The second-order valence-electron chi connectivity index (χ2n) is 9.54. The number of nitrogens with one attached hydrogen (secondary N) is 1. The van der Waals surface area contributed by atoms with E-state index < -0.39 is 0 Å². The first-order valence-electron chi connectivity index (χ1n) is 11.0. The molecule has 3 aromatic rings. The molecule has 160 valence electrons. The van der Waals surface area contributed by atoms with E-state index in [1.807, 2.05) is 0 Å². The molecule has 5 rings (SSSR count). The number of rotatable bonds is 5. The zero-order valence-electron chi connectivity index (χ0n) is 18.2. The molecule has 2 aliphatic rings. The van der Waals surface area contributed by atoms with Crippen molar-refractivity contribution >= 4 is 28.0 Å². The van der Waals surface area contributed by atoms with Crippen molar-refractivity contribution in [2.45, 2.75) is 71.7 Å². The quantitative estimate of drug-likeness (QED) is 0.667. The van der Waals surface area contributed by atoms with Gasteiger partial charge in [0.05, 0.1) is 29.4 Å². The summed E-state index contributed by atoms with van der Waals surface area (Å²) in [6, 6.07) is 0. The Morgan fingerprint density at radius 2 is 2.10 bits per heavy atom. The molecule has 7 nitrogen and oxygen atoms in total. The molecule has 0 spiro atoms. The zero-order chi connectivity index (χ0) is 20.9. The van der Waals surface area contributed by atoms with Crippen LogP contribution in [0.2, 0.25) is 0 Å². The third-order valence-corrected chi connectivity index (χ3v) is 6.04. The van der Waals surface area contributed by atoms with Gasteiger partial charge in [-0.1, -0.05) is 13.8 Å². The molecule has 0 amide bonds. The Kier molecular flexibility index (Phi) is 4.90. The smallest absolute Gasteiger partial charge is 0.229 e. The van der Waals surface area contributed by atoms with Crippen LogP contribution in [0.15, 0.2) is 10.7 Å². The van der Waals surface area contributed by atoms with Crippen LogP contribution in [0, 0.1) is 5.92 Å². The van der Waals surface area contributed by atoms with Crippen LogP contribution < -0.4 is 5.32 Å². The maximum atomic E-state index is 6.28. The minimum absolute atomic E-state index is 0.223. The molecule has 0 aromatic carbocycles. The van der Waals surface area contributed by atoms with Gasteiger partial charge in [0.25, 0.3) is 0 Å². The van der Waals surface area contributed by atoms with E-state index in [0.717, 1.165) is 48.9 Å². The van der Waals surface area contributed by atoms with Gasteiger partial charge in [-0.25, -0.2) is 15.0 Å². The van der Waals surface area contributed by atoms with Crippen molar-refractivity contribution < 1.29 is 13.9 Å². The van der Waals surface area contributed by atoms with Gasteiger partial charge in [0.2, 0.25) is 5.71 Å². The topological polar surface area (TPSA) is 82.3 Å². The molecule has 5 heterocycles. The predicted molar refractivity (Wildman–Crippen MR) is 116 cm³/mol. The van der Waals surface area contributed by atoms with E-state index in [9.17, 15) is 0 Å². The Morgan fingerprint density at radius 1 is 1.23 bits per heavy atom. The fraction of sp³-hybridized carbons (Fsp3) is 0.609. The number of anilines is 1. The molecule has 30 heavy (non-hydrogen) atoms. The maximum Gasteiger partial charge on any atom is 0.229 e. The SMILES string of the molecule is CC(C)Cc1nc2oc3c(NC[C@@H]4CCCO4)ncnc3c2c2c1COC(C)(C)C2. The lowest BCUT2D eigenvalue weighted by Gasteiger charge is -2.33. The van der Waals surface area contributed by atoms with Crippen LogP contribution >= 0.6 is 0 Å². The molecule has 1 fully saturated rings. The summed E-state index contributed by atoms with van der Waals surface area (Å²) in [6.45, 7) is 10.8. The van der Waals surface area contributed by atoms with Gasteiger partial charge in [0.15, 0.2) is 11.4 Å². The van der Waals surface area contributed by atoms with Gasteiger partial charge in [-0.15, -0.1) is 0 Å². The van der Waals surface area contributed by atoms with Gasteiger partial charge in [-0.05, 0) is 44.6 Å². The zero-order valence-corrected chi connectivity index (χ0v) is 18.2. The Hall–Kier alpha value is -2.25. The molecule has 1 atom stereocenters. The standard InChI is InChI=1S/C23H30N4O3/c1-13(2)8-17-16-11-29-23(3,4)9-15(16)18-19-20(30-22(18)27-17)21(26-12-25-19)24-10-14-6-5-7-28-14/h12-14H,5-11H2,1-4H3,(H,24,25,26)/t14-/m0/s1. The number of pyridine rings is 1. The van der Waals surface area contributed by atoms with Crippen molar-refractivity contribution in [2.24, 2.45) is 5.92 Å². The van der Waals surface area contributed by atoms with Crippen LogP contribution in [0.25, 0.3) is 22.2 Å². The average Bonchev–Trinajstić information content (AvgIpc) is 3.32. The van der Waals surface area contributed by atoms with E-state index in [-0.39, 0.29) is 11.7 Å². The minimum atomic E-state index is -0.228. The molecule has 1 N–H and O–H groups in total. The van der Waals surface area contributed by atoms with Gasteiger partial charge in [0, 0.05) is 25.1 Å². The Morgan fingerprint density at radius 3 is 2.87 bits per heavy atom. The van der Waals surface area contributed by atoms with E-state index in [1.54, 1.807) is 6.33 Å². The molecule has 0 saturated carbocycles. The van der Waals surface area contributed by atoms with Crippen molar-refractivity contribution in [3.63, 3.8) is 0 Å². The lowest BCUT2D eigenvalue weighted by atomic mass is 9.88. The molecular weight excluding hydrogens is 380 g/mol. The third kappa shape index (κ3) is 3.54. The van der Waals surface area contributed by atoms with Gasteiger partial charge < -0.3 is 19.2 Å². The number of nitrogens with zero attached hydrogens (tertiary/aromatic N) is 3. The number of fused-ring (bicyclic) bond motifs is 5. The Balaban J connectivity index is 1.64. The van der Waals surface area contributed by atoms with Crippen LogP contribution in [0.4, 0.5) is 5.82 Å². The number of hydrogen-bond donors (Lipinski definition) is 1. The van der Waals surface area contributed by atoms with Crippen LogP contribution in [-0.4, -0.2) is 39.8 Å². The normalized spacial score (nSPS) is 20.9. The van der Waals surface area contributed by atoms with Crippen molar-refractivity contribution in [1.82, 2.24) is 15.0 Å². The number of hydrogen-bond acceptors (Lipinski definition) is 7. The summed E-state index contributed by atoms with van der Waals surface area (Å²) in [4.78, 5) is 14.0. The summed E-state index contributed by atoms with van der Waals surface area (Å²) in [6.07, 6.45) is 5.72. The predicted octanol–water partition coefficient (Wildman–Crippen LogP) is 4.41. The molecular formula is C23H30N4O3. The number of aromatic nitrogens is 3. The lowest BCUT2D eigenvalue weighted by molar-refractivity contribution is -0.0402. The van der Waals surface area contributed by atoms with Crippen molar-refractivity contribution in [3.05, 3.63) is 23.1 Å². The first-order valence-corrected chi connectivity index (χ1v) is 11.0. The highest BCUT2D eigenvalue weighted by Crippen LogP contribution is 2.39.